The van der Waals surface area contributed by atoms with Gasteiger partial charge in [-0.05, 0) is 135 Å². The summed E-state index contributed by atoms with van der Waals surface area (Å²) in [6, 6.07) is -0.804. The summed E-state index contributed by atoms with van der Waals surface area (Å²) in [6.45, 7) is 25.4. The first-order valence-corrected chi connectivity index (χ1v) is 20.7. The van der Waals surface area contributed by atoms with E-state index >= 15 is 0 Å². The molecule has 9 nitrogen and oxygen atoms in total. The number of unbranched alkanes of at least 4 members (excludes halogenated alkanes) is 1. The number of rotatable bonds is 23. The molecule has 0 saturated carbocycles. The van der Waals surface area contributed by atoms with Crippen LogP contribution in [0.5, 0.6) is 11.5 Å². The Morgan fingerprint density at radius 1 is 0.830 bits per heavy atom. The molecule has 0 aromatic heterocycles. The molecular formula is C44H76N2O7. The van der Waals surface area contributed by atoms with Crippen molar-refractivity contribution in [2.75, 3.05) is 19.8 Å². The van der Waals surface area contributed by atoms with Crippen molar-refractivity contribution >= 4 is 18.0 Å². The Kier molecular flexibility index (Phi) is 19.5. The van der Waals surface area contributed by atoms with Gasteiger partial charge in [0.1, 0.15) is 28.7 Å². The van der Waals surface area contributed by atoms with Gasteiger partial charge in [0, 0.05) is 12.1 Å². The molecule has 1 aromatic carbocycles. The minimum Gasteiger partial charge on any atom is -0.487 e. The quantitative estimate of drug-likeness (QED) is 0.0847. The van der Waals surface area contributed by atoms with E-state index in [-0.39, 0.29) is 18.8 Å². The number of esters is 1. The van der Waals surface area contributed by atoms with Crippen molar-refractivity contribution in [3.63, 3.8) is 0 Å². The Morgan fingerprint density at radius 2 is 1.45 bits per heavy atom. The summed E-state index contributed by atoms with van der Waals surface area (Å²) in [5.41, 5.74) is 3.40. The molecule has 2 amide bonds. The van der Waals surface area contributed by atoms with Gasteiger partial charge in [0.25, 0.3) is 5.91 Å². The lowest BCUT2D eigenvalue weighted by molar-refractivity contribution is -0.147. The zero-order chi connectivity index (χ0) is 39.8. The highest BCUT2D eigenvalue weighted by Crippen LogP contribution is 2.45. The van der Waals surface area contributed by atoms with E-state index in [2.05, 4.69) is 52.2 Å². The zero-order valence-corrected chi connectivity index (χ0v) is 35.7. The molecule has 2 N–H and O–H groups in total. The average molecular weight is 745 g/mol. The number of nitrogens with one attached hydrogen (secondary N) is 2. The van der Waals surface area contributed by atoms with Gasteiger partial charge in [-0.3, -0.25) is 4.79 Å². The molecular weight excluding hydrogens is 668 g/mol. The fourth-order valence-electron chi connectivity index (χ4n) is 7.32. The lowest BCUT2D eigenvalue weighted by Gasteiger charge is -2.38. The van der Waals surface area contributed by atoms with Crippen LogP contribution in [0.15, 0.2) is 0 Å². The molecule has 1 aliphatic rings. The number of fused-ring (bicyclic) bond motifs is 1. The average Bonchev–Trinajstić information content (AvgIpc) is 3.05. The maximum Gasteiger partial charge on any atom is 0.407 e. The SMILES string of the molecule is CCOC(=O)[C@H](CCCCNC(=O)OC(C)(C)C)NC(=O)COc1c(C)c(C)c2c(c1C)CC[C@@](C)(CCC[C@H](C)CCC[C@H](C)CCCC(C)C)O2. The molecule has 1 aromatic rings. The number of ether oxygens (including phenoxy) is 4. The van der Waals surface area contributed by atoms with Crippen molar-refractivity contribution in [1.29, 1.82) is 0 Å². The van der Waals surface area contributed by atoms with Gasteiger partial charge in [-0.25, -0.2) is 9.59 Å². The van der Waals surface area contributed by atoms with Crippen molar-refractivity contribution in [3.05, 3.63) is 22.3 Å². The monoisotopic (exact) mass is 745 g/mol. The Labute approximate surface area is 322 Å². The summed E-state index contributed by atoms with van der Waals surface area (Å²) in [4.78, 5) is 37.7. The predicted molar refractivity (Wildman–Crippen MR) is 215 cm³/mol. The van der Waals surface area contributed by atoms with Crippen LogP contribution in [0.3, 0.4) is 0 Å². The standard InChI is InChI=1S/C44H76N2O7/c1-13-50-41(48)37(24-14-15-28-45-42(49)53-43(9,10)11)46-38(47)29-51-39-33(6)34(7)40-36(35(39)8)25-27-44(12,52-40)26-18-23-32(5)22-17-21-31(4)20-16-19-30(2)3/h30-32,37H,13-29H2,1-12H3,(H,45,49)(H,46,47)/t31-,32-,37+,44-/m1/s1. The van der Waals surface area contributed by atoms with Crippen molar-refractivity contribution in [1.82, 2.24) is 10.6 Å². The molecule has 0 fully saturated rings. The molecule has 0 spiro atoms. The van der Waals surface area contributed by atoms with E-state index in [4.69, 9.17) is 18.9 Å². The third-order valence-electron chi connectivity index (χ3n) is 10.7. The number of alkyl carbamates (subject to hydrolysis) is 1. The Hall–Kier alpha value is -2.97. The van der Waals surface area contributed by atoms with Gasteiger partial charge in [-0.2, -0.15) is 0 Å². The molecule has 53 heavy (non-hydrogen) atoms. The van der Waals surface area contributed by atoms with Gasteiger partial charge in [0.05, 0.1) is 6.61 Å². The van der Waals surface area contributed by atoms with Crippen LogP contribution in [0.25, 0.3) is 0 Å². The van der Waals surface area contributed by atoms with E-state index in [0.29, 0.717) is 31.6 Å². The number of carbonyl (C=O) groups excluding carboxylic acids is 3. The molecule has 1 aliphatic heterocycles. The number of amides is 2. The van der Waals surface area contributed by atoms with Crippen molar-refractivity contribution < 1.29 is 33.3 Å². The third-order valence-corrected chi connectivity index (χ3v) is 10.7. The molecule has 2 rings (SSSR count). The lowest BCUT2D eigenvalue weighted by Crippen LogP contribution is -2.44. The summed E-state index contributed by atoms with van der Waals surface area (Å²) >= 11 is 0. The second kappa shape index (κ2) is 22.4. The summed E-state index contributed by atoms with van der Waals surface area (Å²) in [6.07, 6.45) is 14.5. The number of hydrogen-bond acceptors (Lipinski definition) is 7. The number of hydrogen-bond donors (Lipinski definition) is 2. The largest absolute Gasteiger partial charge is 0.487 e. The number of benzene rings is 1. The summed E-state index contributed by atoms with van der Waals surface area (Å²) < 4.78 is 23.5. The Bertz CT molecular complexity index is 1300. The van der Waals surface area contributed by atoms with Crippen LogP contribution in [0.1, 0.15) is 168 Å². The zero-order valence-electron chi connectivity index (χ0n) is 35.7. The van der Waals surface area contributed by atoms with E-state index in [1.807, 2.05) is 34.6 Å². The lowest BCUT2D eigenvalue weighted by atomic mass is 9.83. The fourth-order valence-corrected chi connectivity index (χ4v) is 7.32. The first kappa shape index (κ1) is 46.2. The third kappa shape index (κ3) is 16.9. The summed E-state index contributed by atoms with van der Waals surface area (Å²) in [5.74, 6) is 3.18. The Balaban J connectivity index is 1.89. The second-order valence-electron chi connectivity index (χ2n) is 17.5. The molecule has 0 saturated heterocycles. The van der Waals surface area contributed by atoms with Crippen LogP contribution in [0.4, 0.5) is 4.79 Å². The van der Waals surface area contributed by atoms with Crippen LogP contribution >= 0.6 is 0 Å². The first-order chi connectivity index (χ1) is 24.9. The van der Waals surface area contributed by atoms with Gasteiger partial charge in [0.15, 0.2) is 6.61 Å². The highest BCUT2D eigenvalue weighted by atomic mass is 16.6. The van der Waals surface area contributed by atoms with Gasteiger partial charge in [0.2, 0.25) is 0 Å². The van der Waals surface area contributed by atoms with Crippen molar-refractivity contribution in [2.24, 2.45) is 17.8 Å². The maximum absolute atomic E-state index is 13.1. The van der Waals surface area contributed by atoms with Crippen molar-refractivity contribution in [2.45, 2.75) is 190 Å². The summed E-state index contributed by atoms with van der Waals surface area (Å²) in [7, 11) is 0. The molecule has 1 heterocycles. The van der Waals surface area contributed by atoms with Crippen molar-refractivity contribution in [3.8, 4) is 11.5 Å². The minimum absolute atomic E-state index is 0.197. The first-order valence-electron chi connectivity index (χ1n) is 20.7. The van der Waals surface area contributed by atoms with Crippen LogP contribution in [0, 0.1) is 38.5 Å². The molecule has 0 radical (unpaired) electrons. The minimum atomic E-state index is -0.804. The second-order valence-corrected chi connectivity index (χ2v) is 17.5. The van der Waals surface area contributed by atoms with E-state index in [0.717, 1.165) is 65.0 Å². The molecule has 9 heteroatoms. The Morgan fingerprint density at radius 3 is 2.06 bits per heavy atom. The molecule has 0 unspecified atom stereocenters. The highest BCUT2D eigenvalue weighted by molar-refractivity contribution is 5.85. The van der Waals surface area contributed by atoms with E-state index < -0.39 is 29.6 Å². The maximum atomic E-state index is 13.1. The number of carbonyl (C=O) groups is 3. The van der Waals surface area contributed by atoms with Crippen LogP contribution in [-0.2, 0) is 25.5 Å². The molecule has 4 atom stereocenters. The van der Waals surface area contributed by atoms with E-state index in [9.17, 15) is 14.4 Å². The molecule has 304 valence electrons. The fraction of sp³-hybridized carbons (Fsp3) is 0.795. The van der Waals surface area contributed by atoms with E-state index in [1.54, 1.807) is 6.92 Å². The van der Waals surface area contributed by atoms with Gasteiger partial charge >= 0.3 is 12.1 Å². The molecule has 0 aliphatic carbocycles. The smallest absolute Gasteiger partial charge is 0.407 e. The van der Waals surface area contributed by atoms with Gasteiger partial charge in [-0.1, -0.05) is 72.6 Å². The normalized spacial score (nSPS) is 17.3. The predicted octanol–water partition coefficient (Wildman–Crippen LogP) is 10.3. The van der Waals surface area contributed by atoms with Gasteiger partial charge in [-0.15, -0.1) is 0 Å². The van der Waals surface area contributed by atoms with Crippen LogP contribution in [0.2, 0.25) is 0 Å². The van der Waals surface area contributed by atoms with Gasteiger partial charge < -0.3 is 29.6 Å². The topological polar surface area (TPSA) is 112 Å². The van der Waals surface area contributed by atoms with E-state index in [1.165, 1.54) is 51.4 Å². The highest BCUT2D eigenvalue weighted by Gasteiger charge is 2.35. The van der Waals surface area contributed by atoms with Crippen LogP contribution < -0.4 is 20.1 Å². The summed E-state index contributed by atoms with van der Waals surface area (Å²) in [5, 5.41) is 5.53. The molecule has 0 bridgehead atoms. The van der Waals surface area contributed by atoms with Crippen LogP contribution in [-0.4, -0.2) is 55.0 Å².